The van der Waals surface area contributed by atoms with Crippen molar-refractivity contribution in [2.45, 2.75) is 44.3 Å². The summed E-state index contributed by atoms with van der Waals surface area (Å²) in [5.41, 5.74) is 0. The third-order valence-electron chi connectivity index (χ3n) is 2.78. The number of rotatable bonds is 2. The molecule has 0 unspecified atom stereocenters. The van der Waals surface area contributed by atoms with Gasteiger partial charge in [0.25, 0.3) is 0 Å². The van der Waals surface area contributed by atoms with Gasteiger partial charge in [0, 0.05) is 5.25 Å². The highest BCUT2D eigenvalue weighted by Crippen LogP contribution is 2.29. The third kappa shape index (κ3) is 2.45. The van der Waals surface area contributed by atoms with Crippen LogP contribution in [0.3, 0.4) is 0 Å². The van der Waals surface area contributed by atoms with Crippen molar-refractivity contribution in [3.05, 3.63) is 0 Å². The smallest absolute Gasteiger partial charge is 0.0975 e. The molecular formula is C8H15O3S-. The molecule has 4 heteroatoms. The largest absolute Gasteiger partial charge is 0.748 e. The molecule has 1 rings (SSSR count). The summed E-state index contributed by atoms with van der Waals surface area (Å²) in [6.07, 6.45) is 4.06. The summed E-state index contributed by atoms with van der Waals surface area (Å²) in [7, 11) is -4.01. The lowest BCUT2D eigenvalue weighted by molar-refractivity contribution is 0.333. The lowest BCUT2D eigenvalue weighted by Gasteiger charge is -2.29. The van der Waals surface area contributed by atoms with Gasteiger partial charge in [-0.1, -0.05) is 13.3 Å². The van der Waals surface area contributed by atoms with E-state index in [9.17, 15) is 13.0 Å². The van der Waals surface area contributed by atoms with Crippen LogP contribution >= 0.6 is 0 Å². The summed E-state index contributed by atoms with van der Waals surface area (Å²) in [5, 5.41) is -0.597. The Bertz CT molecular complexity index is 225. The fourth-order valence-corrected chi connectivity index (χ4v) is 2.68. The fraction of sp³-hybridized carbons (Fsp3) is 1.00. The average Bonchev–Trinajstić information content (AvgIpc) is 2.03. The number of hydrogen-bond acceptors (Lipinski definition) is 3. The first-order valence-electron chi connectivity index (χ1n) is 4.48. The maximum atomic E-state index is 10.6. The van der Waals surface area contributed by atoms with Crippen LogP contribution in [0.25, 0.3) is 0 Å². The van der Waals surface area contributed by atoms with Gasteiger partial charge in [-0.3, -0.25) is 0 Å². The van der Waals surface area contributed by atoms with E-state index in [4.69, 9.17) is 0 Å². The van der Waals surface area contributed by atoms with E-state index in [0.29, 0.717) is 18.8 Å². The minimum absolute atomic E-state index is 0.574. The Kier molecular flexibility index (Phi) is 3.12. The second-order valence-electron chi connectivity index (χ2n) is 3.54. The predicted octanol–water partition coefficient (Wildman–Crippen LogP) is 1.50. The molecule has 0 N–H and O–H groups in total. The first-order valence-corrected chi connectivity index (χ1v) is 5.96. The van der Waals surface area contributed by atoms with E-state index < -0.39 is 15.4 Å². The molecule has 72 valence electrons. The molecular weight excluding hydrogens is 176 g/mol. The van der Waals surface area contributed by atoms with Gasteiger partial charge in [0.2, 0.25) is 0 Å². The van der Waals surface area contributed by atoms with Crippen molar-refractivity contribution < 1.29 is 13.0 Å². The topological polar surface area (TPSA) is 57.2 Å². The molecule has 0 heterocycles. The Hall–Kier alpha value is -0.0900. The van der Waals surface area contributed by atoms with Crippen LogP contribution in [0.1, 0.15) is 39.0 Å². The molecule has 0 radical (unpaired) electrons. The Morgan fingerprint density at radius 2 is 1.75 bits per heavy atom. The molecule has 0 spiro atoms. The molecule has 1 fully saturated rings. The Balaban J connectivity index is 2.47. The molecule has 0 saturated heterocycles. The van der Waals surface area contributed by atoms with E-state index in [1.165, 1.54) is 0 Å². The van der Waals surface area contributed by atoms with E-state index in [1.807, 2.05) is 0 Å². The summed E-state index contributed by atoms with van der Waals surface area (Å²) in [4.78, 5) is 0. The lowest BCUT2D eigenvalue weighted by Crippen LogP contribution is -2.26. The highest BCUT2D eigenvalue weighted by Gasteiger charge is 2.23. The van der Waals surface area contributed by atoms with Crippen LogP contribution in [0.4, 0.5) is 0 Å². The molecule has 0 aromatic heterocycles. The Morgan fingerprint density at radius 1 is 1.25 bits per heavy atom. The zero-order valence-electron chi connectivity index (χ0n) is 7.32. The summed E-state index contributed by atoms with van der Waals surface area (Å²) >= 11 is 0. The first kappa shape index (κ1) is 9.99. The molecule has 0 amide bonds. The second kappa shape index (κ2) is 3.75. The Morgan fingerprint density at radius 3 is 2.08 bits per heavy atom. The van der Waals surface area contributed by atoms with Gasteiger partial charge in [-0.05, 0) is 31.6 Å². The van der Waals surface area contributed by atoms with Gasteiger partial charge in [0.1, 0.15) is 0 Å². The first-order chi connectivity index (χ1) is 5.54. The molecule has 3 nitrogen and oxygen atoms in total. The van der Waals surface area contributed by atoms with Gasteiger partial charge in [0.15, 0.2) is 0 Å². The molecule has 1 aliphatic rings. The molecule has 0 atom stereocenters. The average molecular weight is 191 g/mol. The van der Waals surface area contributed by atoms with E-state index in [-0.39, 0.29) is 0 Å². The van der Waals surface area contributed by atoms with Crippen LogP contribution in [0.5, 0.6) is 0 Å². The highest BCUT2D eigenvalue weighted by molar-refractivity contribution is 7.86. The van der Waals surface area contributed by atoms with Crippen molar-refractivity contribution in [2.24, 2.45) is 5.92 Å². The van der Waals surface area contributed by atoms with Crippen LogP contribution < -0.4 is 0 Å². The lowest BCUT2D eigenvalue weighted by atomic mass is 9.87. The third-order valence-corrected chi connectivity index (χ3v) is 4.07. The predicted molar refractivity (Wildman–Crippen MR) is 45.7 cm³/mol. The van der Waals surface area contributed by atoms with E-state index >= 15 is 0 Å². The minimum Gasteiger partial charge on any atom is -0.748 e. The van der Waals surface area contributed by atoms with Crippen molar-refractivity contribution >= 4 is 10.1 Å². The van der Waals surface area contributed by atoms with Crippen molar-refractivity contribution in [1.29, 1.82) is 0 Å². The van der Waals surface area contributed by atoms with Gasteiger partial charge in [-0.2, -0.15) is 0 Å². The summed E-state index contributed by atoms with van der Waals surface area (Å²) in [5.74, 6) is 0.642. The number of hydrogen-bond donors (Lipinski definition) is 0. The van der Waals surface area contributed by atoms with Gasteiger partial charge in [-0.15, -0.1) is 0 Å². The molecule has 0 aromatic carbocycles. The normalized spacial score (nSPS) is 31.8. The highest BCUT2D eigenvalue weighted by atomic mass is 32.2. The summed E-state index contributed by atoms with van der Waals surface area (Å²) < 4.78 is 31.9. The fourth-order valence-electron chi connectivity index (χ4n) is 1.83. The van der Waals surface area contributed by atoms with Crippen LogP contribution in [0.15, 0.2) is 0 Å². The Labute approximate surface area is 73.9 Å². The minimum atomic E-state index is -4.01. The maximum absolute atomic E-state index is 10.6. The molecule has 0 aliphatic heterocycles. The second-order valence-corrected chi connectivity index (χ2v) is 5.20. The monoisotopic (exact) mass is 191 g/mol. The van der Waals surface area contributed by atoms with Crippen LogP contribution in [-0.4, -0.2) is 18.2 Å². The van der Waals surface area contributed by atoms with E-state index in [1.54, 1.807) is 0 Å². The molecule has 0 aromatic rings. The van der Waals surface area contributed by atoms with E-state index in [0.717, 1.165) is 19.3 Å². The van der Waals surface area contributed by atoms with E-state index in [2.05, 4.69) is 6.92 Å². The molecule has 1 saturated carbocycles. The van der Waals surface area contributed by atoms with Crippen molar-refractivity contribution in [3.8, 4) is 0 Å². The van der Waals surface area contributed by atoms with Crippen molar-refractivity contribution in [2.75, 3.05) is 0 Å². The summed E-state index contributed by atoms with van der Waals surface area (Å²) in [6, 6.07) is 0. The van der Waals surface area contributed by atoms with Crippen LogP contribution in [0, 0.1) is 5.92 Å². The van der Waals surface area contributed by atoms with Gasteiger partial charge in [0.05, 0.1) is 10.1 Å². The zero-order valence-corrected chi connectivity index (χ0v) is 8.14. The molecule has 0 bridgehead atoms. The van der Waals surface area contributed by atoms with Gasteiger partial charge >= 0.3 is 0 Å². The maximum Gasteiger partial charge on any atom is 0.0975 e. The standard InChI is InChI=1S/C8H16O3S/c1-2-7-3-5-8(6-4-7)12(9,10)11/h7-8H,2-6H2,1H3,(H,9,10,11)/p-1. The summed E-state index contributed by atoms with van der Waals surface area (Å²) in [6.45, 7) is 2.11. The van der Waals surface area contributed by atoms with Crippen LogP contribution in [-0.2, 0) is 10.1 Å². The van der Waals surface area contributed by atoms with Crippen molar-refractivity contribution in [3.63, 3.8) is 0 Å². The zero-order chi connectivity index (χ0) is 9.19. The van der Waals surface area contributed by atoms with Crippen molar-refractivity contribution in [1.82, 2.24) is 0 Å². The quantitative estimate of drug-likeness (QED) is 0.621. The molecule has 1 aliphatic carbocycles. The SMILES string of the molecule is CCC1CCC(S(=O)(=O)[O-])CC1. The van der Waals surface area contributed by atoms with Gasteiger partial charge in [-0.25, -0.2) is 8.42 Å². The van der Waals surface area contributed by atoms with Crippen LogP contribution in [0.2, 0.25) is 0 Å². The molecule has 12 heavy (non-hydrogen) atoms. The van der Waals surface area contributed by atoms with Gasteiger partial charge < -0.3 is 4.55 Å².